The van der Waals surface area contributed by atoms with Gasteiger partial charge in [-0.2, -0.15) is 0 Å². The van der Waals surface area contributed by atoms with Crippen molar-refractivity contribution in [3.05, 3.63) is 80.1 Å². The Bertz CT molecular complexity index is 1550. The molecule has 192 valence electrons. The number of ether oxygens (including phenoxy) is 1. The van der Waals surface area contributed by atoms with Gasteiger partial charge in [-0.15, -0.1) is 0 Å². The van der Waals surface area contributed by atoms with Crippen molar-refractivity contribution in [2.45, 2.75) is 44.7 Å². The summed E-state index contributed by atoms with van der Waals surface area (Å²) in [7, 11) is -1.94. The number of benzene rings is 2. The maximum atomic E-state index is 15.7. The third-order valence-corrected chi connectivity index (χ3v) is 7.16. The molecule has 1 atom stereocenters. The number of halogens is 1. The van der Waals surface area contributed by atoms with Crippen molar-refractivity contribution < 1.29 is 17.5 Å². The number of sulfonamides is 1. The van der Waals surface area contributed by atoms with Crippen molar-refractivity contribution in [2.75, 3.05) is 19.9 Å². The molecule has 0 saturated heterocycles. The molecule has 4 rings (SSSR count). The highest BCUT2D eigenvalue weighted by Crippen LogP contribution is 2.45. The summed E-state index contributed by atoms with van der Waals surface area (Å²) in [5, 5.41) is 0. The summed E-state index contributed by atoms with van der Waals surface area (Å²) in [5.74, 6) is 0.631. The zero-order chi connectivity index (χ0) is 26.5. The van der Waals surface area contributed by atoms with Crippen molar-refractivity contribution >= 4 is 10.0 Å². The monoisotopic (exact) mass is 515 g/mol. The SMILES string of the molecule is COc1c(-c2ccc3c(c2)CCC3(F)CNS(C)(=O)=O)cc(-n2ccc(=O)[nH]c2=O)cc1C(C)(C)C. The summed E-state index contributed by atoms with van der Waals surface area (Å²) >= 11 is 0. The van der Waals surface area contributed by atoms with Crippen molar-refractivity contribution in [3.63, 3.8) is 0 Å². The van der Waals surface area contributed by atoms with Crippen LogP contribution in [0.1, 0.15) is 43.9 Å². The van der Waals surface area contributed by atoms with Gasteiger partial charge in [0.05, 0.1) is 19.1 Å². The molecule has 0 saturated carbocycles. The third-order valence-electron chi connectivity index (χ3n) is 6.49. The summed E-state index contributed by atoms with van der Waals surface area (Å²) in [6, 6.07) is 10.3. The lowest BCUT2D eigenvalue weighted by Crippen LogP contribution is -2.35. The number of alkyl halides is 1. The fourth-order valence-corrected chi connectivity index (χ4v) is 5.16. The Labute approximate surface area is 209 Å². The van der Waals surface area contributed by atoms with Crippen LogP contribution in [-0.4, -0.2) is 37.9 Å². The van der Waals surface area contributed by atoms with Gasteiger partial charge in [0.15, 0.2) is 0 Å². The standard InChI is InChI=1S/C26H30FN3O5S/c1-25(2,3)21-14-18(30-11-9-22(31)29-24(30)32)13-19(23(21)35-4)16-6-7-20-17(12-16)8-10-26(20,27)15-28-36(5,33)34/h6-7,9,11-14,28H,8,10,15H2,1-5H3,(H,29,31,32). The average Bonchev–Trinajstić information content (AvgIpc) is 3.12. The van der Waals surface area contributed by atoms with Crippen LogP contribution in [0.2, 0.25) is 0 Å². The number of nitrogens with one attached hydrogen (secondary N) is 2. The summed E-state index contributed by atoms with van der Waals surface area (Å²) < 4.78 is 48.2. The number of hydrogen-bond acceptors (Lipinski definition) is 5. The minimum absolute atomic E-state index is 0.172. The van der Waals surface area contributed by atoms with E-state index in [4.69, 9.17) is 4.74 Å². The van der Waals surface area contributed by atoms with E-state index in [1.54, 1.807) is 25.3 Å². The van der Waals surface area contributed by atoms with E-state index in [2.05, 4.69) is 9.71 Å². The number of hydrogen-bond donors (Lipinski definition) is 2. The first-order chi connectivity index (χ1) is 16.7. The van der Waals surface area contributed by atoms with E-state index < -0.39 is 26.9 Å². The Hall–Kier alpha value is -3.24. The quantitative estimate of drug-likeness (QED) is 0.524. The summed E-state index contributed by atoms with van der Waals surface area (Å²) in [4.78, 5) is 26.4. The van der Waals surface area contributed by atoms with Crippen LogP contribution in [0, 0.1) is 0 Å². The molecule has 0 bridgehead atoms. The number of fused-ring (bicyclic) bond motifs is 1. The maximum Gasteiger partial charge on any atom is 0.332 e. The lowest BCUT2D eigenvalue weighted by molar-refractivity contribution is 0.171. The Balaban J connectivity index is 1.88. The molecule has 0 radical (unpaired) electrons. The third kappa shape index (κ3) is 5.01. The van der Waals surface area contributed by atoms with Crippen molar-refractivity contribution in [1.29, 1.82) is 0 Å². The first-order valence-electron chi connectivity index (χ1n) is 11.5. The second kappa shape index (κ2) is 9.01. The van der Waals surface area contributed by atoms with Crippen LogP contribution in [-0.2, 0) is 27.5 Å². The van der Waals surface area contributed by atoms with Crippen molar-refractivity contribution in [3.8, 4) is 22.6 Å². The molecule has 0 spiro atoms. The lowest BCUT2D eigenvalue weighted by Gasteiger charge is -2.26. The molecule has 1 aliphatic carbocycles. The molecule has 0 fully saturated rings. The van der Waals surface area contributed by atoms with Gasteiger partial charge in [-0.05, 0) is 47.1 Å². The molecule has 2 aromatic carbocycles. The van der Waals surface area contributed by atoms with Gasteiger partial charge in [-0.1, -0.05) is 39.0 Å². The Morgan fingerprint density at radius 3 is 2.50 bits per heavy atom. The fraction of sp³-hybridized carbons (Fsp3) is 0.385. The molecule has 8 nitrogen and oxygen atoms in total. The Kier molecular flexibility index (Phi) is 6.47. The van der Waals surface area contributed by atoms with Gasteiger partial charge in [-0.25, -0.2) is 22.3 Å². The summed E-state index contributed by atoms with van der Waals surface area (Å²) in [5.41, 5.74) is 0.965. The number of aryl methyl sites for hydroxylation is 1. The van der Waals surface area contributed by atoms with Crippen molar-refractivity contribution in [1.82, 2.24) is 14.3 Å². The predicted molar refractivity (Wildman–Crippen MR) is 137 cm³/mol. The van der Waals surface area contributed by atoms with E-state index in [1.807, 2.05) is 32.9 Å². The van der Waals surface area contributed by atoms with E-state index in [-0.39, 0.29) is 18.4 Å². The van der Waals surface area contributed by atoms with Gasteiger partial charge in [-0.3, -0.25) is 14.3 Å². The van der Waals surface area contributed by atoms with E-state index in [0.29, 0.717) is 29.0 Å². The number of aromatic nitrogens is 2. The maximum absolute atomic E-state index is 15.7. The predicted octanol–water partition coefficient (Wildman–Crippen LogP) is 3.16. The van der Waals surface area contributed by atoms with Gasteiger partial charge >= 0.3 is 5.69 Å². The van der Waals surface area contributed by atoms with Crippen LogP contribution in [0.4, 0.5) is 4.39 Å². The number of H-pyrrole nitrogens is 1. The zero-order valence-electron chi connectivity index (χ0n) is 20.9. The van der Waals surface area contributed by atoms with Crippen LogP contribution in [0.15, 0.2) is 52.2 Å². The van der Waals surface area contributed by atoms with Crippen LogP contribution < -0.4 is 20.7 Å². The molecule has 2 N–H and O–H groups in total. The minimum atomic E-state index is -3.53. The number of rotatable bonds is 6. The Morgan fingerprint density at radius 2 is 1.89 bits per heavy atom. The van der Waals surface area contributed by atoms with E-state index in [9.17, 15) is 18.0 Å². The average molecular weight is 516 g/mol. The number of methoxy groups -OCH3 is 1. The molecule has 0 amide bonds. The molecular formula is C26H30FN3O5S. The smallest absolute Gasteiger partial charge is 0.332 e. The highest BCUT2D eigenvalue weighted by Gasteiger charge is 2.39. The van der Waals surface area contributed by atoms with E-state index in [0.717, 1.165) is 22.9 Å². The second-order valence-corrected chi connectivity index (χ2v) is 12.1. The van der Waals surface area contributed by atoms with Crippen LogP contribution in [0.25, 0.3) is 16.8 Å². The first kappa shape index (κ1) is 25.8. The molecular weight excluding hydrogens is 485 g/mol. The molecule has 1 aliphatic rings. The second-order valence-electron chi connectivity index (χ2n) is 10.2. The molecule has 1 heterocycles. The zero-order valence-corrected chi connectivity index (χ0v) is 21.8. The number of aromatic amines is 1. The molecule has 3 aromatic rings. The van der Waals surface area contributed by atoms with E-state index in [1.165, 1.54) is 16.8 Å². The summed E-state index contributed by atoms with van der Waals surface area (Å²) in [6.45, 7) is 5.77. The van der Waals surface area contributed by atoms with E-state index >= 15 is 4.39 Å². The number of nitrogens with zero attached hydrogens (tertiary/aromatic N) is 1. The molecule has 0 aliphatic heterocycles. The largest absolute Gasteiger partial charge is 0.496 e. The van der Waals surface area contributed by atoms with Crippen LogP contribution >= 0.6 is 0 Å². The lowest BCUT2D eigenvalue weighted by atomic mass is 9.83. The minimum Gasteiger partial charge on any atom is -0.496 e. The normalized spacial score (nSPS) is 17.7. The highest BCUT2D eigenvalue weighted by molar-refractivity contribution is 7.88. The molecule has 1 unspecified atom stereocenters. The van der Waals surface area contributed by atoms with Gasteiger partial charge in [0.1, 0.15) is 11.4 Å². The topological polar surface area (TPSA) is 110 Å². The van der Waals surface area contributed by atoms with Gasteiger partial charge < -0.3 is 4.74 Å². The van der Waals surface area contributed by atoms with Gasteiger partial charge in [0.25, 0.3) is 5.56 Å². The van der Waals surface area contributed by atoms with Crippen molar-refractivity contribution in [2.24, 2.45) is 0 Å². The molecule has 36 heavy (non-hydrogen) atoms. The van der Waals surface area contributed by atoms with Crippen LogP contribution in [0.3, 0.4) is 0 Å². The fourth-order valence-electron chi connectivity index (χ4n) is 4.67. The molecule has 1 aromatic heterocycles. The highest BCUT2D eigenvalue weighted by atomic mass is 32.2. The summed E-state index contributed by atoms with van der Waals surface area (Å²) in [6.07, 6.45) is 3.06. The van der Waals surface area contributed by atoms with Crippen LogP contribution in [0.5, 0.6) is 5.75 Å². The van der Waals surface area contributed by atoms with Gasteiger partial charge in [0, 0.05) is 29.9 Å². The molecule has 10 heteroatoms. The Morgan fingerprint density at radius 1 is 1.17 bits per heavy atom. The van der Waals surface area contributed by atoms with Gasteiger partial charge in [0.2, 0.25) is 10.0 Å². The first-order valence-corrected chi connectivity index (χ1v) is 13.4.